The summed E-state index contributed by atoms with van der Waals surface area (Å²) in [5, 5.41) is -0.146. The van der Waals surface area contributed by atoms with Crippen molar-refractivity contribution in [3.63, 3.8) is 0 Å². The number of sulfonamides is 1. The summed E-state index contributed by atoms with van der Waals surface area (Å²) in [5.41, 5.74) is 5.79. The van der Waals surface area contributed by atoms with E-state index in [0.29, 0.717) is 0 Å². The fourth-order valence-electron chi connectivity index (χ4n) is 2.12. The van der Waals surface area contributed by atoms with E-state index in [4.69, 9.17) is 28.9 Å². The van der Waals surface area contributed by atoms with Gasteiger partial charge in [-0.05, 0) is 25.0 Å². The van der Waals surface area contributed by atoms with Crippen LogP contribution in [-0.4, -0.2) is 34.4 Å². The number of benzene rings is 1. The van der Waals surface area contributed by atoms with Crippen molar-refractivity contribution in [3.8, 4) is 0 Å². The highest BCUT2D eigenvalue weighted by Crippen LogP contribution is 2.32. The van der Waals surface area contributed by atoms with Gasteiger partial charge in [-0.2, -0.15) is 0 Å². The molecule has 1 saturated heterocycles. The number of rotatable bonds is 3. The maximum atomic E-state index is 12.3. The molecule has 10 heteroatoms. The van der Waals surface area contributed by atoms with Crippen LogP contribution in [-0.2, 0) is 19.9 Å². The van der Waals surface area contributed by atoms with Gasteiger partial charge in [-0.1, -0.05) is 23.2 Å². The lowest BCUT2D eigenvalue weighted by molar-refractivity contribution is 0.505. The Balaban J connectivity index is 2.24. The van der Waals surface area contributed by atoms with Crippen LogP contribution in [0.1, 0.15) is 12.8 Å². The van der Waals surface area contributed by atoms with E-state index in [-0.39, 0.29) is 45.0 Å². The predicted octanol–water partition coefficient (Wildman–Crippen LogP) is 1.43. The average molecular weight is 373 g/mol. The number of sulfone groups is 1. The number of anilines is 1. The van der Waals surface area contributed by atoms with Crippen molar-refractivity contribution >= 4 is 48.7 Å². The molecule has 0 saturated carbocycles. The van der Waals surface area contributed by atoms with Gasteiger partial charge >= 0.3 is 0 Å². The summed E-state index contributed by atoms with van der Waals surface area (Å²) in [7, 11) is -7.00. The lowest BCUT2D eigenvalue weighted by Crippen LogP contribution is -2.40. The number of nitrogens with two attached hydrogens (primary N) is 1. The molecule has 1 heterocycles. The van der Waals surface area contributed by atoms with Crippen molar-refractivity contribution in [3.05, 3.63) is 22.2 Å². The lowest BCUT2D eigenvalue weighted by atomic mass is 10.2. The molecule has 3 N–H and O–H groups in total. The quantitative estimate of drug-likeness (QED) is 0.780. The van der Waals surface area contributed by atoms with Crippen molar-refractivity contribution in [2.45, 2.75) is 23.8 Å². The molecule has 2 rings (SSSR count). The molecule has 0 aliphatic carbocycles. The first-order valence-corrected chi connectivity index (χ1v) is 10.1. The van der Waals surface area contributed by atoms with E-state index in [1.165, 1.54) is 12.1 Å². The highest BCUT2D eigenvalue weighted by molar-refractivity contribution is 7.91. The average Bonchev–Trinajstić information content (AvgIpc) is 2.30. The zero-order valence-corrected chi connectivity index (χ0v) is 14.0. The highest BCUT2D eigenvalue weighted by Gasteiger charge is 2.29. The molecule has 0 atom stereocenters. The molecule has 1 aromatic carbocycles. The Hall–Kier alpha value is -0.540. The summed E-state index contributed by atoms with van der Waals surface area (Å²) in [5.74, 6) is -0.0766. The fraction of sp³-hybridized carbons (Fsp3) is 0.455. The molecule has 0 aromatic heterocycles. The monoisotopic (exact) mass is 372 g/mol. The Morgan fingerprint density at radius 1 is 1.14 bits per heavy atom. The number of nitrogen functional groups attached to an aromatic ring is 1. The van der Waals surface area contributed by atoms with Crippen LogP contribution in [0.25, 0.3) is 0 Å². The molecule has 0 unspecified atom stereocenters. The number of halogens is 2. The van der Waals surface area contributed by atoms with Gasteiger partial charge in [0, 0.05) is 11.7 Å². The van der Waals surface area contributed by atoms with E-state index in [9.17, 15) is 16.8 Å². The number of hydrogen-bond acceptors (Lipinski definition) is 5. The lowest BCUT2D eigenvalue weighted by Gasteiger charge is -2.23. The van der Waals surface area contributed by atoms with E-state index in [1.807, 2.05) is 0 Å². The van der Waals surface area contributed by atoms with Crippen molar-refractivity contribution < 1.29 is 16.8 Å². The van der Waals surface area contributed by atoms with E-state index in [0.717, 1.165) is 0 Å². The summed E-state index contributed by atoms with van der Waals surface area (Å²) in [6, 6.07) is 2.14. The third-order valence-corrected chi connectivity index (χ3v) is 7.32. The van der Waals surface area contributed by atoms with Crippen molar-refractivity contribution in [1.29, 1.82) is 0 Å². The number of nitrogens with one attached hydrogen (secondary N) is 1. The highest BCUT2D eigenvalue weighted by atomic mass is 35.5. The Labute approximate surface area is 133 Å². The van der Waals surface area contributed by atoms with E-state index < -0.39 is 25.9 Å². The Bertz CT molecular complexity index is 725. The van der Waals surface area contributed by atoms with Gasteiger partial charge in [-0.3, -0.25) is 0 Å². The van der Waals surface area contributed by atoms with Crippen molar-refractivity contribution in [1.82, 2.24) is 4.72 Å². The van der Waals surface area contributed by atoms with Crippen LogP contribution in [0.15, 0.2) is 17.0 Å². The second-order valence-electron chi connectivity index (χ2n) is 4.86. The third-order valence-electron chi connectivity index (χ3n) is 3.17. The molecule has 1 aliphatic rings. The summed E-state index contributed by atoms with van der Waals surface area (Å²) in [6.45, 7) is 0. The molecule has 0 bridgehead atoms. The zero-order valence-electron chi connectivity index (χ0n) is 10.8. The van der Waals surface area contributed by atoms with Crippen LogP contribution in [0.5, 0.6) is 0 Å². The van der Waals surface area contributed by atoms with E-state index in [1.54, 1.807) is 0 Å². The molecule has 118 valence electrons. The fourth-order valence-corrected chi connectivity index (χ4v) is 6.15. The second-order valence-corrected chi connectivity index (χ2v) is 9.63. The molecule has 1 fully saturated rings. The number of hydrogen-bond donors (Lipinski definition) is 2. The summed E-state index contributed by atoms with van der Waals surface area (Å²) in [6.07, 6.45) is 0.456. The SMILES string of the molecule is Nc1cc(Cl)c(S(=O)(=O)NC2CCS(=O)(=O)CC2)c(Cl)c1. The molecule has 6 nitrogen and oxygen atoms in total. The second kappa shape index (κ2) is 5.92. The molecule has 0 radical (unpaired) electrons. The summed E-state index contributed by atoms with van der Waals surface area (Å²) < 4.78 is 49.8. The van der Waals surface area contributed by atoms with E-state index in [2.05, 4.69) is 4.72 Å². The Morgan fingerprint density at radius 3 is 2.10 bits per heavy atom. The molecular formula is C11H14Cl2N2O4S2. The largest absolute Gasteiger partial charge is 0.399 e. The van der Waals surface area contributed by atoms with Crippen LogP contribution < -0.4 is 10.5 Å². The summed E-state index contributed by atoms with van der Waals surface area (Å²) >= 11 is 11.8. The van der Waals surface area contributed by atoms with Gasteiger partial charge in [0.05, 0.1) is 21.6 Å². The Morgan fingerprint density at radius 2 is 1.62 bits per heavy atom. The maximum Gasteiger partial charge on any atom is 0.243 e. The minimum atomic E-state index is -3.94. The van der Waals surface area contributed by atoms with Crippen LogP contribution >= 0.6 is 23.2 Å². The molecule has 1 aromatic rings. The third kappa shape index (κ3) is 4.01. The van der Waals surface area contributed by atoms with Crippen LogP contribution in [0.3, 0.4) is 0 Å². The van der Waals surface area contributed by atoms with Crippen LogP contribution in [0.4, 0.5) is 5.69 Å². The topological polar surface area (TPSA) is 106 Å². The molecule has 0 amide bonds. The first-order valence-electron chi connectivity index (χ1n) is 6.08. The van der Waals surface area contributed by atoms with Gasteiger partial charge in [0.1, 0.15) is 14.7 Å². The predicted molar refractivity (Wildman–Crippen MR) is 82.9 cm³/mol. The zero-order chi connectivity index (χ0) is 15.8. The molecule has 0 spiro atoms. The molecule has 1 aliphatic heterocycles. The minimum Gasteiger partial charge on any atom is -0.399 e. The van der Waals surface area contributed by atoms with Gasteiger partial charge in [0.25, 0.3) is 0 Å². The first-order chi connectivity index (χ1) is 9.61. The van der Waals surface area contributed by atoms with Crippen molar-refractivity contribution in [2.75, 3.05) is 17.2 Å². The van der Waals surface area contributed by atoms with Crippen LogP contribution in [0, 0.1) is 0 Å². The van der Waals surface area contributed by atoms with Crippen molar-refractivity contribution in [2.24, 2.45) is 0 Å². The standard InChI is InChI=1S/C11H14Cl2N2O4S2/c12-9-5-7(14)6-10(13)11(9)21(18,19)15-8-1-3-20(16,17)4-2-8/h5-6,8,15H,1-4,14H2. The van der Waals surface area contributed by atoms with Gasteiger partial charge in [-0.15, -0.1) is 0 Å². The van der Waals surface area contributed by atoms with Gasteiger partial charge in [0.2, 0.25) is 10.0 Å². The van der Waals surface area contributed by atoms with E-state index >= 15 is 0 Å². The Kier molecular flexibility index (Phi) is 4.75. The van der Waals surface area contributed by atoms with Crippen LogP contribution in [0.2, 0.25) is 10.0 Å². The minimum absolute atomic E-state index is 0.0383. The molecule has 21 heavy (non-hydrogen) atoms. The van der Waals surface area contributed by atoms with Gasteiger partial charge < -0.3 is 5.73 Å². The van der Waals surface area contributed by atoms with Gasteiger partial charge in [-0.25, -0.2) is 21.6 Å². The normalized spacial score (nSPS) is 19.5. The summed E-state index contributed by atoms with van der Waals surface area (Å²) in [4.78, 5) is -0.242. The maximum absolute atomic E-state index is 12.3. The molecular weight excluding hydrogens is 359 g/mol. The van der Waals surface area contributed by atoms with Gasteiger partial charge in [0.15, 0.2) is 0 Å². The first kappa shape index (κ1) is 16.8. The smallest absolute Gasteiger partial charge is 0.243 e.